The molecule has 1 aromatic heterocycles. The van der Waals surface area contributed by atoms with E-state index in [-0.39, 0.29) is 11.9 Å². The maximum Gasteiger partial charge on any atom is 0.245 e. The number of hydrogen-bond donors (Lipinski definition) is 1. The summed E-state index contributed by atoms with van der Waals surface area (Å²) in [7, 11) is 1.81. The van der Waals surface area contributed by atoms with Crippen LogP contribution in [0.2, 0.25) is 0 Å². The van der Waals surface area contributed by atoms with Crippen LogP contribution in [0.3, 0.4) is 0 Å². The number of hydrogen-bond acceptors (Lipinski definition) is 2. The van der Waals surface area contributed by atoms with E-state index < -0.39 is 0 Å². The molecule has 0 bridgehead atoms. The van der Waals surface area contributed by atoms with Crippen LogP contribution in [0.15, 0.2) is 18.2 Å². The molecule has 0 fully saturated rings. The van der Waals surface area contributed by atoms with Crippen molar-refractivity contribution >= 4 is 29.2 Å². The Labute approximate surface area is 118 Å². The third kappa shape index (κ3) is 2.30. The summed E-state index contributed by atoms with van der Waals surface area (Å²) >= 11 is 5.37. The number of likely N-dealkylation sites (N-methyl/N-ethyl adjacent to an activating group) is 1. The van der Waals surface area contributed by atoms with Gasteiger partial charge in [-0.25, -0.2) is 0 Å². The van der Waals surface area contributed by atoms with Crippen molar-refractivity contribution in [2.45, 2.75) is 26.8 Å². The zero-order valence-corrected chi connectivity index (χ0v) is 12.5. The van der Waals surface area contributed by atoms with Gasteiger partial charge in [-0.1, -0.05) is 12.1 Å². The van der Waals surface area contributed by atoms with Gasteiger partial charge in [-0.3, -0.25) is 4.79 Å². The van der Waals surface area contributed by atoms with Crippen molar-refractivity contribution in [1.29, 1.82) is 0 Å². The molecule has 2 aromatic rings. The summed E-state index contributed by atoms with van der Waals surface area (Å²) in [4.78, 5) is 17.2. The van der Waals surface area contributed by atoms with Crippen LogP contribution < -0.4 is 0 Å². The van der Waals surface area contributed by atoms with Gasteiger partial charge in [0.2, 0.25) is 5.91 Å². The zero-order valence-electron chi connectivity index (χ0n) is 11.7. The number of para-hydroxylation sites is 1. The van der Waals surface area contributed by atoms with Gasteiger partial charge in [-0.05, 0) is 44.6 Å². The van der Waals surface area contributed by atoms with Gasteiger partial charge in [-0.2, -0.15) is 0 Å². The average molecular weight is 277 g/mol. The van der Waals surface area contributed by atoms with Gasteiger partial charge >= 0.3 is 0 Å². The molecule has 0 radical (unpaired) electrons. The molecule has 0 spiro atoms. The number of H-pyrrole nitrogens is 1. The Hall–Kier alpha value is -1.62. The topological polar surface area (TPSA) is 41.0 Å². The van der Waals surface area contributed by atoms with E-state index in [0.29, 0.717) is 11.3 Å². The Morgan fingerprint density at radius 3 is 2.84 bits per heavy atom. The number of benzene rings is 1. The fraction of sp³-hybridized carbons (Fsp3) is 0.429. The molecule has 5 heteroatoms. The summed E-state index contributed by atoms with van der Waals surface area (Å²) in [5, 5.41) is 0. The highest BCUT2D eigenvalue weighted by Crippen LogP contribution is 2.23. The summed E-state index contributed by atoms with van der Waals surface area (Å²) in [6.07, 6.45) is 0. The van der Waals surface area contributed by atoms with Gasteiger partial charge in [0.05, 0.1) is 11.0 Å². The van der Waals surface area contributed by atoms with Crippen LogP contribution in [0.4, 0.5) is 0 Å². The van der Waals surface area contributed by atoms with Gasteiger partial charge in [-0.15, -0.1) is 0 Å². The molecule has 1 N–H and O–H groups in total. The summed E-state index contributed by atoms with van der Waals surface area (Å²) in [5.41, 5.74) is 3.10. The first-order valence-electron chi connectivity index (χ1n) is 6.42. The van der Waals surface area contributed by atoms with Crippen molar-refractivity contribution in [2.75, 3.05) is 13.6 Å². The molecule has 1 aromatic carbocycles. The molecule has 1 atom stereocenters. The first-order chi connectivity index (χ1) is 8.97. The minimum absolute atomic E-state index is 0.0720. The molecule has 1 heterocycles. The Morgan fingerprint density at radius 1 is 1.53 bits per heavy atom. The predicted molar refractivity (Wildman–Crippen MR) is 79.9 cm³/mol. The highest BCUT2D eigenvalue weighted by Gasteiger charge is 2.21. The van der Waals surface area contributed by atoms with Crippen molar-refractivity contribution < 1.29 is 4.79 Å². The smallest absolute Gasteiger partial charge is 0.245 e. The van der Waals surface area contributed by atoms with Crippen molar-refractivity contribution in [3.8, 4) is 0 Å². The monoisotopic (exact) mass is 277 g/mol. The molecule has 19 heavy (non-hydrogen) atoms. The van der Waals surface area contributed by atoms with Crippen LogP contribution in [0.25, 0.3) is 11.0 Å². The lowest BCUT2D eigenvalue weighted by molar-refractivity contribution is -0.132. The molecule has 4 nitrogen and oxygen atoms in total. The molecule has 0 saturated carbocycles. The highest BCUT2D eigenvalue weighted by molar-refractivity contribution is 7.71. The van der Waals surface area contributed by atoms with Crippen molar-refractivity contribution in [3.63, 3.8) is 0 Å². The van der Waals surface area contributed by atoms with Crippen LogP contribution in [0, 0.1) is 11.7 Å². The first kappa shape index (κ1) is 13.8. The molecule has 1 unspecified atom stereocenters. The lowest BCUT2D eigenvalue weighted by Crippen LogP contribution is -2.33. The van der Waals surface area contributed by atoms with Crippen LogP contribution in [0.1, 0.15) is 25.5 Å². The molecule has 0 aliphatic rings. The van der Waals surface area contributed by atoms with Crippen LogP contribution in [-0.2, 0) is 4.79 Å². The first-order valence-corrected chi connectivity index (χ1v) is 6.83. The van der Waals surface area contributed by atoms with Crippen molar-refractivity contribution in [2.24, 2.45) is 0 Å². The number of imidazole rings is 1. The zero-order chi connectivity index (χ0) is 14.2. The number of aryl methyl sites for hydroxylation is 1. The fourth-order valence-electron chi connectivity index (χ4n) is 2.31. The van der Waals surface area contributed by atoms with Crippen molar-refractivity contribution in [3.05, 3.63) is 28.5 Å². The van der Waals surface area contributed by atoms with E-state index in [1.54, 1.807) is 4.90 Å². The van der Waals surface area contributed by atoms with E-state index in [9.17, 15) is 4.79 Å². The van der Waals surface area contributed by atoms with E-state index in [0.717, 1.165) is 16.6 Å². The van der Waals surface area contributed by atoms with E-state index >= 15 is 0 Å². The van der Waals surface area contributed by atoms with Gasteiger partial charge in [0, 0.05) is 13.6 Å². The SMILES string of the molecule is CCN(C)C(=O)C(C)n1c(=S)[nH]c2cccc(C)c21. The number of fused-ring (bicyclic) bond motifs is 1. The highest BCUT2D eigenvalue weighted by atomic mass is 32.1. The second-order valence-corrected chi connectivity index (χ2v) is 5.19. The maximum absolute atomic E-state index is 12.3. The minimum atomic E-state index is -0.299. The van der Waals surface area contributed by atoms with Crippen molar-refractivity contribution in [1.82, 2.24) is 14.5 Å². The number of rotatable bonds is 3. The predicted octanol–water partition coefficient (Wildman–Crippen LogP) is 3.05. The maximum atomic E-state index is 12.3. The van der Waals surface area contributed by atoms with Gasteiger partial charge in [0.1, 0.15) is 6.04 Å². The average Bonchev–Trinajstić information content (AvgIpc) is 2.73. The second-order valence-electron chi connectivity index (χ2n) is 4.80. The van der Waals surface area contributed by atoms with Crippen LogP contribution in [-0.4, -0.2) is 34.0 Å². The number of nitrogens with zero attached hydrogens (tertiary/aromatic N) is 2. The van der Waals surface area contributed by atoms with E-state index in [4.69, 9.17) is 12.2 Å². The lowest BCUT2D eigenvalue weighted by atomic mass is 10.2. The second kappa shape index (κ2) is 5.17. The van der Waals surface area contributed by atoms with Crippen LogP contribution in [0.5, 0.6) is 0 Å². The van der Waals surface area contributed by atoms with Gasteiger partial charge < -0.3 is 14.5 Å². The number of carbonyl (C=O) groups is 1. The molecule has 0 aliphatic carbocycles. The molecule has 2 rings (SSSR count). The Balaban J connectivity index is 2.59. The molecule has 0 saturated heterocycles. The Morgan fingerprint density at radius 2 is 2.21 bits per heavy atom. The molecular formula is C14H19N3OS. The Bertz CT molecular complexity index is 671. The Kier molecular flexibility index (Phi) is 3.75. The quantitative estimate of drug-likeness (QED) is 0.876. The fourth-order valence-corrected chi connectivity index (χ4v) is 2.67. The van der Waals surface area contributed by atoms with Gasteiger partial charge in [0.25, 0.3) is 0 Å². The largest absolute Gasteiger partial charge is 0.344 e. The molecule has 102 valence electrons. The number of carbonyl (C=O) groups excluding carboxylic acids is 1. The number of amides is 1. The summed E-state index contributed by atoms with van der Waals surface area (Å²) in [5.74, 6) is 0.0720. The summed E-state index contributed by atoms with van der Waals surface area (Å²) < 4.78 is 2.50. The summed E-state index contributed by atoms with van der Waals surface area (Å²) in [6.45, 7) is 6.58. The third-order valence-corrected chi connectivity index (χ3v) is 3.83. The van der Waals surface area contributed by atoms with E-state index in [1.165, 1.54) is 0 Å². The number of aromatic amines is 1. The molecule has 0 aliphatic heterocycles. The normalized spacial score (nSPS) is 12.6. The minimum Gasteiger partial charge on any atom is -0.344 e. The molecular weight excluding hydrogens is 258 g/mol. The van der Waals surface area contributed by atoms with E-state index in [1.807, 2.05) is 50.6 Å². The van der Waals surface area contributed by atoms with E-state index in [2.05, 4.69) is 4.98 Å². The molecule has 1 amide bonds. The lowest BCUT2D eigenvalue weighted by Gasteiger charge is -2.21. The third-order valence-electron chi connectivity index (χ3n) is 3.53. The number of aromatic nitrogens is 2. The number of nitrogens with one attached hydrogen (secondary N) is 1. The van der Waals surface area contributed by atoms with Crippen LogP contribution >= 0.6 is 12.2 Å². The summed E-state index contributed by atoms with van der Waals surface area (Å²) in [6, 6.07) is 5.70. The van der Waals surface area contributed by atoms with Gasteiger partial charge in [0.15, 0.2) is 4.77 Å². The standard InChI is InChI=1S/C14H19N3OS/c1-5-16(4)13(18)10(3)17-12-9(2)7-6-8-11(12)15-14(17)19/h6-8,10H,5H2,1-4H3,(H,15,19).